The van der Waals surface area contributed by atoms with E-state index < -0.39 is 24.2 Å². The van der Waals surface area contributed by atoms with Gasteiger partial charge in [0.15, 0.2) is 0 Å². The normalized spacial score (nSPS) is 16.7. The molecule has 26 heavy (non-hydrogen) atoms. The van der Waals surface area contributed by atoms with Crippen molar-refractivity contribution in [1.29, 1.82) is 0 Å². The van der Waals surface area contributed by atoms with E-state index in [1.807, 2.05) is 0 Å². The molecule has 3 rings (SSSR count). The van der Waals surface area contributed by atoms with Crippen molar-refractivity contribution >= 4 is 17.4 Å². The standard InChI is InChI=1S/C17H15F3N2O4/c1-2-25-16(24)13-14(11-4-3-7-21-11)22-12-8-9(26-17(18,19)20)5-6-10(12)15(13)23/h3-8,15,21-23H,2H2,1H3. The topological polar surface area (TPSA) is 83.6 Å². The van der Waals surface area contributed by atoms with Crippen LogP contribution in [0.3, 0.4) is 0 Å². The van der Waals surface area contributed by atoms with Crippen LogP contribution in [0, 0.1) is 0 Å². The smallest absolute Gasteiger partial charge is 0.462 e. The summed E-state index contributed by atoms with van der Waals surface area (Å²) in [6.45, 7) is 1.74. The summed E-state index contributed by atoms with van der Waals surface area (Å²) in [5, 5.41) is 13.5. The van der Waals surface area contributed by atoms with Gasteiger partial charge in [0.2, 0.25) is 0 Å². The molecule has 9 heteroatoms. The predicted octanol–water partition coefficient (Wildman–Crippen LogP) is 3.35. The molecule has 6 nitrogen and oxygen atoms in total. The first-order valence-electron chi connectivity index (χ1n) is 7.70. The third-order valence-electron chi connectivity index (χ3n) is 3.72. The second-order valence-corrected chi connectivity index (χ2v) is 5.42. The molecular formula is C17H15F3N2O4. The van der Waals surface area contributed by atoms with E-state index in [1.165, 1.54) is 6.07 Å². The minimum atomic E-state index is -4.84. The van der Waals surface area contributed by atoms with Crippen molar-refractivity contribution in [3.05, 3.63) is 53.4 Å². The zero-order valence-corrected chi connectivity index (χ0v) is 13.6. The highest BCUT2D eigenvalue weighted by atomic mass is 19.4. The lowest BCUT2D eigenvalue weighted by Crippen LogP contribution is -2.24. The molecule has 1 aliphatic rings. The van der Waals surface area contributed by atoms with E-state index in [-0.39, 0.29) is 29.1 Å². The van der Waals surface area contributed by atoms with Crippen LogP contribution in [0.5, 0.6) is 5.75 Å². The molecular weight excluding hydrogens is 353 g/mol. The number of aromatic nitrogens is 1. The van der Waals surface area contributed by atoms with Crippen LogP contribution in [0.25, 0.3) is 5.70 Å². The van der Waals surface area contributed by atoms with Crippen LogP contribution in [0.15, 0.2) is 42.1 Å². The number of carbonyl (C=O) groups is 1. The van der Waals surface area contributed by atoms with E-state index >= 15 is 0 Å². The Bertz CT molecular complexity index is 844. The molecule has 0 saturated heterocycles. The molecule has 1 atom stereocenters. The summed E-state index contributed by atoms with van der Waals surface area (Å²) in [5.74, 6) is -1.17. The molecule has 1 unspecified atom stereocenters. The number of alkyl halides is 3. The van der Waals surface area contributed by atoms with Crippen LogP contribution in [0.2, 0.25) is 0 Å². The third kappa shape index (κ3) is 3.52. The molecule has 2 heterocycles. The van der Waals surface area contributed by atoms with Gasteiger partial charge in [-0.15, -0.1) is 13.2 Å². The number of ether oxygens (including phenoxy) is 2. The Morgan fingerprint density at radius 1 is 1.31 bits per heavy atom. The van der Waals surface area contributed by atoms with Gasteiger partial charge in [-0.1, -0.05) is 6.07 Å². The van der Waals surface area contributed by atoms with E-state index in [1.54, 1.807) is 25.3 Å². The van der Waals surface area contributed by atoms with Crippen LogP contribution in [-0.4, -0.2) is 29.0 Å². The van der Waals surface area contributed by atoms with E-state index in [4.69, 9.17) is 4.74 Å². The molecule has 2 aromatic rings. The number of fused-ring (bicyclic) bond motifs is 1. The number of esters is 1. The number of benzene rings is 1. The lowest BCUT2D eigenvalue weighted by atomic mass is 9.93. The van der Waals surface area contributed by atoms with Gasteiger partial charge < -0.3 is 24.9 Å². The second-order valence-electron chi connectivity index (χ2n) is 5.42. The van der Waals surface area contributed by atoms with Crippen LogP contribution < -0.4 is 10.1 Å². The van der Waals surface area contributed by atoms with Crippen molar-refractivity contribution < 1.29 is 32.5 Å². The van der Waals surface area contributed by atoms with E-state index in [0.717, 1.165) is 12.1 Å². The lowest BCUT2D eigenvalue weighted by molar-refractivity contribution is -0.274. The fraction of sp³-hybridized carbons (Fsp3) is 0.235. The minimum absolute atomic E-state index is 0.0358. The molecule has 0 aliphatic carbocycles. The Hall–Kier alpha value is -2.94. The van der Waals surface area contributed by atoms with Crippen molar-refractivity contribution in [2.24, 2.45) is 0 Å². The summed E-state index contributed by atoms with van der Waals surface area (Å²) in [4.78, 5) is 15.2. The first-order chi connectivity index (χ1) is 12.3. The van der Waals surface area contributed by atoms with Gasteiger partial charge in [-0.2, -0.15) is 0 Å². The fourth-order valence-electron chi connectivity index (χ4n) is 2.69. The molecule has 0 spiro atoms. The van der Waals surface area contributed by atoms with Crippen molar-refractivity contribution in [2.75, 3.05) is 11.9 Å². The molecule has 138 valence electrons. The summed E-state index contributed by atoms with van der Waals surface area (Å²) in [6.07, 6.45) is -4.60. The van der Waals surface area contributed by atoms with Crippen molar-refractivity contribution in [3.8, 4) is 5.75 Å². The van der Waals surface area contributed by atoms with E-state index in [2.05, 4.69) is 15.0 Å². The minimum Gasteiger partial charge on any atom is -0.462 e. The number of aliphatic hydroxyl groups excluding tert-OH is 1. The van der Waals surface area contributed by atoms with E-state index in [9.17, 15) is 23.1 Å². The summed E-state index contributed by atoms with van der Waals surface area (Å²) in [6, 6.07) is 6.77. The zero-order valence-electron chi connectivity index (χ0n) is 13.6. The monoisotopic (exact) mass is 368 g/mol. The SMILES string of the molecule is CCOC(=O)C1=C(c2ccc[nH]2)Nc2cc(OC(F)(F)F)ccc2C1O. The van der Waals surface area contributed by atoms with Gasteiger partial charge in [-0.25, -0.2) is 4.79 Å². The Morgan fingerprint density at radius 2 is 2.08 bits per heavy atom. The molecule has 0 fully saturated rings. The number of carbonyl (C=O) groups excluding carboxylic acids is 1. The molecule has 0 amide bonds. The summed E-state index contributed by atoms with van der Waals surface area (Å²) >= 11 is 0. The second kappa shape index (κ2) is 6.75. The fourth-order valence-corrected chi connectivity index (χ4v) is 2.69. The lowest BCUT2D eigenvalue weighted by Gasteiger charge is -2.28. The van der Waals surface area contributed by atoms with Crippen molar-refractivity contribution in [3.63, 3.8) is 0 Å². The maximum atomic E-state index is 12.4. The average Bonchev–Trinajstić information content (AvgIpc) is 3.07. The van der Waals surface area contributed by atoms with Gasteiger partial charge >= 0.3 is 12.3 Å². The Kier molecular flexibility index (Phi) is 4.64. The number of aromatic amines is 1. The van der Waals surface area contributed by atoms with Crippen molar-refractivity contribution in [2.45, 2.75) is 19.4 Å². The van der Waals surface area contributed by atoms with Crippen LogP contribution in [0.1, 0.15) is 24.3 Å². The summed E-state index contributed by atoms with van der Waals surface area (Å²) in [7, 11) is 0. The first-order valence-corrected chi connectivity index (χ1v) is 7.70. The quantitative estimate of drug-likeness (QED) is 0.721. The van der Waals surface area contributed by atoms with Gasteiger partial charge in [0, 0.05) is 23.5 Å². The van der Waals surface area contributed by atoms with Gasteiger partial charge in [0.25, 0.3) is 0 Å². The number of halogens is 3. The van der Waals surface area contributed by atoms with Crippen molar-refractivity contribution in [1.82, 2.24) is 4.98 Å². The number of H-pyrrole nitrogens is 1. The van der Waals surface area contributed by atoms with Gasteiger partial charge in [0.1, 0.15) is 11.9 Å². The molecule has 0 radical (unpaired) electrons. The van der Waals surface area contributed by atoms with Gasteiger partial charge in [0.05, 0.1) is 23.6 Å². The number of anilines is 1. The molecule has 0 saturated carbocycles. The Morgan fingerprint density at radius 3 is 2.69 bits per heavy atom. The maximum Gasteiger partial charge on any atom is 0.573 e. The van der Waals surface area contributed by atoms with Gasteiger partial charge in [-0.05, 0) is 25.1 Å². The largest absolute Gasteiger partial charge is 0.573 e. The average molecular weight is 368 g/mol. The molecule has 1 aliphatic heterocycles. The zero-order chi connectivity index (χ0) is 18.9. The number of nitrogens with one attached hydrogen (secondary N) is 2. The summed E-state index contributed by atoms with van der Waals surface area (Å²) < 4.78 is 46.2. The number of rotatable bonds is 4. The Labute approximate surface area is 146 Å². The molecule has 1 aromatic heterocycles. The summed E-state index contributed by atoms with van der Waals surface area (Å²) in [5.41, 5.74) is 1.08. The number of hydrogen-bond acceptors (Lipinski definition) is 5. The molecule has 0 bridgehead atoms. The highest BCUT2D eigenvalue weighted by Crippen LogP contribution is 2.41. The maximum absolute atomic E-state index is 12.4. The number of aliphatic hydroxyl groups is 1. The number of hydrogen-bond donors (Lipinski definition) is 3. The highest BCUT2D eigenvalue weighted by molar-refractivity contribution is 6.03. The van der Waals surface area contributed by atoms with Crippen LogP contribution in [-0.2, 0) is 9.53 Å². The van der Waals surface area contributed by atoms with Crippen LogP contribution >= 0.6 is 0 Å². The first kappa shape index (κ1) is 17.9. The molecule has 1 aromatic carbocycles. The molecule has 3 N–H and O–H groups in total. The van der Waals surface area contributed by atoms with Gasteiger partial charge in [-0.3, -0.25) is 0 Å². The third-order valence-corrected chi connectivity index (χ3v) is 3.72. The van der Waals surface area contributed by atoms with E-state index in [0.29, 0.717) is 5.69 Å². The predicted molar refractivity (Wildman–Crippen MR) is 86.1 cm³/mol. The highest BCUT2D eigenvalue weighted by Gasteiger charge is 2.35. The van der Waals surface area contributed by atoms with Crippen LogP contribution in [0.4, 0.5) is 18.9 Å². The Balaban J connectivity index is 2.05.